The number of allylic oxidation sites excluding steroid dienone is 6. The summed E-state index contributed by atoms with van der Waals surface area (Å²) in [6.45, 7) is 11.9. The van der Waals surface area contributed by atoms with Gasteiger partial charge in [0.1, 0.15) is 17.1 Å². The molecule has 32 heavy (non-hydrogen) atoms. The van der Waals surface area contributed by atoms with E-state index in [1.54, 1.807) is 24.3 Å². The second-order valence-electron chi connectivity index (χ2n) is 8.61. The summed E-state index contributed by atoms with van der Waals surface area (Å²) in [6, 6.07) is 8.79. The van der Waals surface area contributed by atoms with Crippen molar-refractivity contribution >= 4 is 17.3 Å². The average molecular weight is 437 g/mol. The lowest BCUT2D eigenvalue weighted by molar-refractivity contribution is -0.129. The van der Waals surface area contributed by atoms with Crippen LogP contribution in [0.3, 0.4) is 0 Å². The van der Waals surface area contributed by atoms with Crippen LogP contribution < -0.4 is 0 Å². The van der Waals surface area contributed by atoms with Crippen molar-refractivity contribution in [2.45, 2.75) is 66.2 Å². The summed E-state index contributed by atoms with van der Waals surface area (Å²) >= 11 is 0. The molecule has 0 saturated carbocycles. The number of carbonyl (C=O) groups excluding carboxylic acids is 2. The molecule has 1 unspecified atom stereocenters. The van der Waals surface area contributed by atoms with E-state index in [9.17, 15) is 14.7 Å². The third kappa shape index (κ3) is 4.79. The highest BCUT2D eigenvalue weighted by Gasteiger charge is 2.52. The summed E-state index contributed by atoms with van der Waals surface area (Å²) in [6.07, 6.45) is 5.39. The molecule has 0 heterocycles. The maximum absolute atomic E-state index is 14.1. The molecule has 0 aromatic heterocycles. The van der Waals surface area contributed by atoms with Crippen LogP contribution in [0.4, 0.5) is 0 Å². The van der Waals surface area contributed by atoms with Gasteiger partial charge in [0.25, 0.3) is 0 Å². The Bertz CT molecular complexity index is 958. The molecule has 0 radical (unpaired) electrons. The standard InChI is InChI=1S/C28H36O4/c1-7-13-21(19(4)5)18-28(17-9-3)26(31)23(24(29)20-15-11-10-12-16-20)25(30)22(14-8-2)27(28)32-6/h7,10-12,15-16,29H,1,8-9,13-14,17-18H2,2-6H3/b24-23-. The minimum absolute atomic E-state index is 0.124. The van der Waals surface area contributed by atoms with Gasteiger partial charge in [-0.3, -0.25) is 9.59 Å². The Hall–Kier alpha value is -2.88. The van der Waals surface area contributed by atoms with E-state index in [0.717, 1.165) is 24.0 Å². The first kappa shape index (κ1) is 25.4. The van der Waals surface area contributed by atoms with E-state index in [2.05, 4.69) is 6.58 Å². The van der Waals surface area contributed by atoms with Crippen molar-refractivity contribution in [1.29, 1.82) is 0 Å². The third-order valence-corrected chi connectivity index (χ3v) is 6.15. The molecular formula is C28H36O4. The molecular weight excluding hydrogens is 400 g/mol. The third-order valence-electron chi connectivity index (χ3n) is 6.15. The van der Waals surface area contributed by atoms with Crippen molar-refractivity contribution in [3.8, 4) is 0 Å². The van der Waals surface area contributed by atoms with Gasteiger partial charge in [0.05, 0.1) is 12.5 Å². The fourth-order valence-corrected chi connectivity index (χ4v) is 4.63. The fraction of sp³-hybridized carbons (Fsp3) is 0.429. The van der Waals surface area contributed by atoms with Crippen LogP contribution in [0.2, 0.25) is 0 Å². The summed E-state index contributed by atoms with van der Waals surface area (Å²) < 4.78 is 5.84. The number of benzene rings is 1. The van der Waals surface area contributed by atoms with Gasteiger partial charge in [-0.25, -0.2) is 0 Å². The fourth-order valence-electron chi connectivity index (χ4n) is 4.63. The van der Waals surface area contributed by atoms with Crippen LogP contribution in [0, 0.1) is 5.41 Å². The molecule has 1 aromatic carbocycles. The number of carbonyl (C=O) groups is 2. The number of hydrogen-bond donors (Lipinski definition) is 1. The van der Waals surface area contributed by atoms with Gasteiger partial charge < -0.3 is 9.84 Å². The van der Waals surface area contributed by atoms with Crippen molar-refractivity contribution in [3.05, 3.63) is 76.6 Å². The maximum Gasteiger partial charge on any atom is 0.199 e. The topological polar surface area (TPSA) is 63.6 Å². The summed E-state index contributed by atoms with van der Waals surface area (Å²) in [4.78, 5) is 27.7. The highest BCUT2D eigenvalue weighted by atomic mass is 16.5. The normalized spacial score (nSPS) is 20.3. The Labute approximate surface area is 192 Å². The average Bonchev–Trinajstić information content (AvgIpc) is 2.78. The van der Waals surface area contributed by atoms with Crippen LogP contribution in [0.25, 0.3) is 5.76 Å². The minimum Gasteiger partial charge on any atom is -0.506 e. The van der Waals surface area contributed by atoms with E-state index in [0.29, 0.717) is 42.6 Å². The molecule has 0 aliphatic heterocycles. The van der Waals surface area contributed by atoms with Gasteiger partial charge >= 0.3 is 0 Å². The van der Waals surface area contributed by atoms with Crippen LogP contribution in [0.1, 0.15) is 71.8 Å². The number of hydrogen-bond acceptors (Lipinski definition) is 4. The molecule has 1 aromatic rings. The molecule has 0 bridgehead atoms. The van der Waals surface area contributed by atoms with E-state index in [4.69, 9.17) is 4.74 Å². The van der Waals surface area contributed by atoms with E-state index in [1.807, 2.05) is 39.8 Å². The lowest BCUT2D eigenvalue weighted by atomic mass is 9.63. The van der Waals surface area contributed by atoms with Crippen molar-refractivity contribution in [3.63, 3.8) is 0 Å². The largest absolute Gasteiger partial charge is 0.506 e. The number of rotatable bonds is 10. The second kappa shape index (κ2) is 11.1. The Morgan fingerprint density at radius 2 is 1.78 bits per heavy atom. The van der Waals surface area contributed by atoms with Gasteiger partial charge in [0.2, 0.25) is 0 Å². The van der Waals surface area contributed by atoms with E-state index >= 15 is 0 Å². The molecule has 0 spiro atoms. The highest BCUT2D eigenvalue weighted by molar-refractivity contribution is 6.33. The summed E-state index contributed by atoms with van der Waals surface area (Å²) in [5.41, 5.74) is 2.01. The number of ether oxygens (including phenoxy) is 1. The first-order chi connectivity index (χ1) is 15.3. The number of methoxy groups -OCH3 is 1. The number of ketones is 2. The Kier molecular flexibility index (Phi) is 8.82. The van der Waals surface area contributed by atoms with Crippen molar-refractivity contribution < 1.29 is 19.4 Å². The van der Waals surface area contributed by atoms with Gasteiger partial charge in [0.15, 0.2) is 11.6 Å². The van der Waals surface area contributed by atoms with E-state index in [-0.39, 0.29) is 17.1 Å². The van der Waals surface area contributed by atoms with Gasteiger partial charge in [0, 0.05) is 11.1 Å². The molecule has 0 fully saturated rings. The van der Waals surface area contributed by atoms with Crippen LogP contribution in [0.15, 0.2) is 71.0 Å². The van der Waals surface area contributed by atoms with E-state index in [1.165, 1.54) is 7.11 Å². The predicted molar refractivity (Wildman–Crippen MR) is 130 cm³/mol. The first-order valence-corrected chi connectivity index (χ1v) is 11.4. The lowest BCUT2D eigenvalue weighted by Crippen LogP contribution is -2.43. The first-order valence-electron chi connectivity index (χ1n) is 11.4. The quantitative estimate of drug-likeness (QED) is 0.188. The van der Waals surface area contributed by atoms with Crippen molar-refractivity contribution in [1.82, 2.24) is 0 Å². The summed E-state index contributed by atoms with van der Waals surface area (Å²) in [5, 5.41) is 11.1. The molecule has 4 heteroatoms. The van der Waals surface area contributed by atoms with Crippen molar-refractivity contribution in [2.24, 2.45) is 5.41 Å². The Balaban J connectivity index is 2.90. The van der Waals surface area contributed by atoms with Crippen LogP contribution in [0.5, 0.6) is 0 Å². The monoisotopic (exact) mass is 436 g/mol. The van der Waals surface area contributed by atoms with Crippen LogP contribution in [-0.2, 0) is 14.3 Å². The molecule has 1 aliphatic rings. The van der Waals surface area contributed by atoms with Crippen LogP contribution in [-0.4, -0.2) is 23.8 Å². The predicted octanol–water partition coefficient (Wildman–Crippen LogP) is 6.90. The maximum atomic E-state index is 14.1. The lowest BCUT2D eigenvalue weighted by Gasteiger charge is -2.40. The van der Waals surface area contributed by atoms with Crippen LogP contribution >= 0.6 is 0 Å². The zero-order valence-corrected chi connectivity index (χ0v) is 20.1. The van der Waals surface area contributed by atoms with Gasteiger partial charge in [-0.2, -0.15) is 0 Å². The molecule has 1 aliphatic carbocycles. The highest BCUT2D eigenvalue weighted by Crippen LogP contribution is 2.50. The molecule has 0 amide bonds. The molecule has 172 valence electrons. The number of aliphatic hydroxyl groups is 1. The van der Waals surface area contributed by atoms with Gasteiger partial charge in [-0.1, -0.05) is 74.2 Å². The molecule has 1 atom stereocenters. The molecule has 0 saturated heterocycles. The molecule has 1 N–H and O–H groups in total. The van der Waals surface area contributed by atoms with Crippen molar-refractivity contribution in [2.75, 3.05) is 7.11 Å². The van der Waals surface area contributed by atoms with Gasteiger partial charge in [-0.05, 0) is 39.5 Å². The molecule has 2 rings (SSSR count). The van der Waals surface area contributed by atoms with E-state index < -0.39 is 11.2 Å². The SMILES string of the molecule is C=CCC(CC1(CCC)C(=O)/C(=C(\O)c2ccccc2)C(=O)C(CCC)=C1OC)=C(C)C. The Morgan fingerprint density at radius 3 is 2.28 bits per heavy atom. The zero-order valence-electron chi connectivity index (χ0n) is 20.1. The number of aliphatic hydroxyl groups excluding tert-OH is 1. The summed E-state index contributed by atoms with van der Waals surface area (Å²) in [5.74, 6) is -0.578. The number of Topliss-reactive ketones (excluding diaryl/α,β-unsaturated/α-hetero) is 2. The minimum atomic E-state index is -1.03. The zero-order chi connectivity index (χ0) is 23.9. The second-order valence-corrected chi connectivity index (χ2v) is 8.61. The Morgan fingerprint density at radius 1 is 1.12 bits per heavy atom. The van der Waals surface area contributed by atoms with Gasteiger partial charge in [-0.15, -0.1) is 6.58 Å². The molecule has 4 nitrogen and oxygen atoms in total. The smallest absolute Gasteiger partial charge is 0.199 e. The summed E-state index contributed by atoms with van der Waals surface area (Å²) in [7, 11) is 1.54.